The van der Waals surface area contributed by atoms with Gasteiger partial charge in [0, 0.05) is 6.07 Å². The number of carbonyl (C=O) groups excluding carboxylic acids is 1. The van der Waals surface area contributed by atoms with Crippen LogP contribution in [0.25, 0.3) is 0 Å². The van der Waals surface area contributed by atoms with Crippen molar-refractivity contribution in [3.05, 3.63) is 54.1 Å². The summed E-state index contributed by atoms with van der Waals surface area (Å²) in [5, 5.41) is 2.72. The predicted octanol–water partition coefficient (Wildman–Crippen LogP) is 3.34. The Balaban J connectivity index is 1.97. The molecule has 2 aromatic rings. The highest BCUT2D eigenvalue weighted by Crippen LogP contribution is 2.30. The van der Waals surface area contributed by atoms with E-state index in [1.54, 1.807) is 24.3 Å². The van der Waals surface area contributed by atoms with E-state index < -0.39 is 15.9 Å². The number of carbonyl (C=O) groups is 1. The molecule has 2 rings (SSSR count). The summed E-state index contributed by atoms with van der Waals surface area (Å²) in [7, 11) is -3.65. The van der Waals surface area contributed by atoms with Crippen molar-refractivity contribution in [2.75, 3.05) is 36.9 Å². The summed E-state index contributed by atoms with van der Waals surface area (Å²) in [5.74, 6) is 0.898. The minimum Gasteiger partial charge on any atom is -0.494 e. The lowest BCUT2D eigenvalue weighted by molar-refractivity contribution is -0.119. The molecule has 7 nitrogen and oxygen atoms in total. The Morgan fingerprint density at radius 3 is 2.42 bits per heavy atom. The second kappa shape index (κ2) is 10.5. The molecule has 1 N–H and O–H groups in total. The number of sulfonamides is 1. The van der Waals surface area contributed by atoms with Crippen LogP contribution in [0.4, 0.5) is 5.69 Å². The zero-order valence-electron chi connectivity index (χ0n) is 18.8. The van der Waals surface area contributed by atoms with E-state index >= 15 is 0 Å². The molecule has 0 saturated carbocycles. The zero-order chi connectivity index (χ0) is 23.1. The van der Waals surface area contributed by atoms with Gasteiger partial charge in [-0.3, -0.25) is 9.10 Å². The number of hydrogen-bond donors (Lipinski definition) is 1. The Kier molecular flexibility index (Phi) is 8.33. The van der Waals surface area contributed by atoms with Gasteiger partial charge in [-0.15, -0.1) is 0 Å². The fourth-order valence-corrected chi connectivity index (χ4v) is 3.89. The minimum atomic E-state index is -3.65. The largest absolute Gasteiger partial charge is 0.494 e. The van der Waals surface area contributed by atoms with Gasteiger partial charge in [0.25, 0.3) is 0 Å². The van der Waals surface area contributed by atoms with Crippen molar-refractivity contribution >= 4 is 21.6 Å². The first kappa shape index (κ1) is 24.5. The first-order valence-electron chi connectivity index (χ1n) is 10.2. The molecule has 2 aromatic carbocycles. The highest BCUT2D eigenvalue weighted by atomic mass is 32.2. The maximum Gasteiger partial charge on any atom is 0.240 e. The summed E-state index contributed by atoms with van der Waals surface area (Å²) in [6, 6.07) is 14.5. The average molecular weight is 449 g/mol. The van der Waals surface area contributed by atoms with E-state index in [2.05, 4.69) is 26.1 Å². The molecule has 31 heavy (non-hydrogen) atoms. The molecule has 0 aliphatic rings. The maximum atomic E-state index is 12.4. The van der Waals surface area contributed by atoms with Crippen LogP contribution < -0.4 is 19.1 Å². The Morgan fingerprint density at radius 2 is 1.77 bits per heavy atom. The van der Waals surface area contributed by atoms with Crippen LogP contribution in [0.1, 0.15) is 33.3 Å². The van der Waals surface area contributed by atoms with Gasteiger partial charge in [0.2, 0.25) is 15.9 Å². The third-order valence-electron chi connectivity index (χ3n) is 4.48. The number of para-hydroxylation sites is 1. The minimum absolute atomic E-state index is 0.0636. The normalized spacial score (nSPS) is 11.6. The molecule has 0 saturated heterocycles. The van der Waals surface area contributed by atoms with Crippen LogP contribution in [-0.2, 0) is 20.2 Å². The van der Waals surface area contributed by atoms with Crippen molar-refractivity contribution in [2.45, 2.75) is 33.1 Å². The Morgan fingerprint density at radius 1 is 1.06 bits per heavy atom. The molecular formula is C23H32N2O5S. The predicted molar refractivity (Wildman–Crippen MR) is 123 cm³/mol. The Bertz CT molecular complexity index is 983. The summed E-state index contributed by atoms with van der Waals surface area (Å²) in [6.07, 6.45) is 1.07. The summed E-state index contributed by atoms with van der Waals surface area (Å²) in [4.78, 5) is 12.4. The van der Waals surface area contributed by atoms with E-state index in [0.717, 1.165) is 21.9 Å². The Labute approximate surface area is 185 Å². The molecule has 8 heteroatoms. The first-order valence-corrected chi connectivity index (χ1v) is 12.1. The molecule has 0 atom stereocenters. The molecule has 170 valence electrons. The molecule has 0 bridgehead atoms. The van der Waals surface area contributed by atoms with E-state index in [1.807, 2.05) is 31.2 Å². The number of anilines is 1. The number of benzene rings is 2. The number of rotatable bonds is 10. The smallest absolute Gasteiger partial charge is 0.240 e. The van der Waals surface area contributed by atoms with Crippen LogP contribution in [0, 0.1) is 0 Å². The molecule has 0 unspecified atom stereocenters. The molecule has 0 aliphatic carbocycles. The van der Waals surface area contributed by atoms with Crippen molar-refractivity contribution < 1.29 is 22.7 Å². The summed E-state index contributed by atoms with van der Waals surface area (Å²) < 4.78 is 36.9. The second-order valence-electron chi connectivity index (χ2n) is 8.14. The van der Waals surface area contributed by atoms with Crippen LogP contribution in [0.15, 0.2) is 48.5 Å². The lowest BCUT2D eigenvalue weighted by atomic mass is 9.86. The van der Waals surface area contributed by atoms with E-state index in [4.69, 9.17) is 9.47 Å². The molecular weight excluding hydrogens is 416 g/mol. The molecule has 1 amide bonds. The fraction of sp³-hybridized carbons (Fsp3) is 0.435. The first-order chi connectivity index (χ1) is 14.5. The van der Waals surface area contributed by atoms with Crippen molar-refractivity contribution in [2.24, 2.45) is 0 Å². The lowest BCUT2D eigenvalue weighted by Gasteiger charge is -2.23. The van der Waals surface area contributed by atoms with Gasteiger partial charge in [0.15, 0.2) is 0 Å². The van der Waals surface area contributed by atoms with Gasteiger partial charge < -0.3 is 14.8 Å². The molecule has 0 aromatic heterocycles. The fourth-order valence-electron chi connectivity index (χ4n) is 3.04. The topological polar surface area (TPSA) is 84.9 Å². The quantitative estimate of drug-likeness (QED) is 0.564. The Hall–Kier alpha value is -2.74. The van der Waals surface area contributed by atoms with Gasteiger partial charge in [-0.25, -0.2) is 8.42 Å². The van der Waals surface area contributed by atoms with Gasteiger partial charge in [-0.05, 0) is 36.1 Å². The van der Waals surface area contributed by atoms with Gasteiger partial charge in [-0.2, -0.15) is 0 Å². The monoisotopic (exact) mass is 448 g/mol. The number of amides is 1. The van der Waals surface area contributed by atoms with E-state index in [9.17, 15) is 13.2 Å². The van der Waals surface area contributed by atoms with Crippen molar-refractivity contribution in [1.82, 2.24) is 5.32 Å². The standard InChI is InChI=1S/C23H32N2O5S/c1-6-29-19-11-9-10-18(16-19)25(31(5,27)28)17-22(26)24-14-15-30-21-13-8-7-12-20(21)23(2,3)4/h7-13,16H,6,14-15,17H2,1-5H3,(H,24,26). The van der Waals surface area contributed by atoms with E-state index in [1.165, 1.54) is 0 Å². The van der Waals surface area contributed by atoms with E-state index in [-0.39, 0.29) is 25.1 Å². The van der Waals surface area contributed by atoms with Gasteiger partial charge in [-0.1, -0.05) is 45.0 Å². The van der Waals surface area contributed by atoms with Crippen molar-refractivity contribution in [3.8, 4) is 11.5 Å². The number of nitrogens with one attached hydrogen (secondary N) is 1. The summed E-state index contributed by atoms with van der Waals surface area (Å²) in [6.45, 7) is 8.84. The van der Waals surface area contributed by atoms with Gasteiger partial charge in [0.1, 0.15) is 24.7 Å². The molecule has 0 aliphatic heterocycles. The van der Waals surface area contributed by atoms with Gasteiger partial charge in [0.05, 0.1) is 25.1 Å². The van der Waals surface area contributed by atoms with Crippen LogP contribution >= 0.6 is 0 Å². The van der Waals surface area contributed by atoms with Gasteiger partial charge >= 0.3 is 0 Å². The maximum absolute atomic E-state index is 12.4. The summed E-state index contributed by atoms with van der Waals surface area (Å²) >= 11 is 0. The van der Waals surface area contributed by atoms with Crippen molar-refractivity contribution in [3.63, 3.8) is 0 Å². The molecule has 0 radical (unpaired) electrons. The molecule has 0 fully saturated rings. The highest BCUT2D eigenvalue weighted by molar-refractivity contribution is 7.92. The molecule has 0 heterocycles. The molecule has 0 spiro atoms. The van der Waals surface area contributed by atoms with Crippen LogP contribution in [0.2, 0.25) is 0 Å². The number of hydrogen-bond acceptors (Lipinski definition) is 5. The lowest BCUT2D eigenvalue weighted by Crippen LogP contribution is -2.41. The van der Waals surface area contributed by atoms with Crippen LogP contribution in [0.3, 0.4) is 0 Å². The highest BCUT2D eigenvalue weighted by Gasteiger charge is 2.21. The number of ether oxygens (including phenoxy) is 2. The third-order valence-corrected chi connectivity index (χ3v) is 5.62. The number of nitrogens with zero attached hydrogens (tertiary/aromatic N) is 1. The van der Waals surface area contributed by atoms with Crippen LogP contribution in [-0.4, -0.2) is 46.9 Å². The third kappa shape index (κ3) is 7.47. The SMILES string of the molecule is CCOc1cccc(N(CC(=O)NCCOc2ccccc2C(C)(C)C)S(C)(=O)=O)c1. The average Bonchev–Trinajstić information content (AvgIpc) is 2.68. The van der Waals surface area contributed by atoms with Crippen molar-refractivity contribution in [1.29, 1.82) is 0 Å². The van der Waals surface area contributed by atoms with Crippen LogP contribution in [0.5, 0.6) is 11.5 Å². The summed E-state index contributed by atoms with van der Waals surface area (Å²) in [5.41, 5.74) is 1.39. The second-order valence-corrected chi connectivity index (χ2v) is 10.1. The zero-order valence-corrected chi connectivity index (χ0v) is 19.7. The van der Waals surface area contributed by atoms with E-state index in [0.29, 0.717) is 18.0 Å².